The Bertz CT molecular complexity index is 1220. The molecule has 1 saturated heterocycles. The van der Waals surface area contributed by atoms with E-state index >= 15 is 0 Å². The number of para-hydroxylation sites is 1. The molecule has 0 bridgehead atoms. The number of nitrogens with one attached hydrogen (secondary N) is 2. The standard InChI is InChI=1S/C25H26N2O6S/c1-31-23-14-9-18(25(28)26-17-22-8-5-15-32-22)16-24(23)34(29,30)27-19-10-12-21(13-11-19)33-20-6-3-2-4-7-20/h2-4,6-7,9-14,16,22,27H,5,8,15,17H2,1H3,(H,26,28)/t22-/m0/s1. The van der Waals surface area contributed by atoms with E-state index in [2.05, 4.69) is 10.0 Å². The highest BCUT2D eigenvalue weighted by Crippen LogP contribution is 2.28. The second kappa shape index (κ2) is 10.6. The summed E-state index contributed by atoms with van der Waals surface area (Å²) < 4.78 is 45.3. The first-order chi connectivity index (χ1) is 16.4. The van der Waals surface area contributed by atoms with Gasteiger partial charge in [0.25, 0.3) is 15.9 Å². The van der Waals surface area contributed by atoms with Gasteiger partial charge in [0.05, 0.1) is 13.2 Å². The summed E-state index contributed by atoms with van der Waals surface area (Å²) in [5.74, 6) is 0.996. The van der Waals surface area contributed by atoms with E-state index in [0.717, 1.165) is 12.8 Å². The van der Waals surface area contributed by atoms with Gasteiger partial charge in [-0.15, -0.1) is 0 Å². The van der Waals surface area contributed by atoms with Crippen molar-refractivity contribution >= 4 is 21.6 Å². The van der Waals surface area contributed by atoms with Crippen LogP contribution < -0.4 is 19.5 Å². The zero-order chi connectivity index (χ0) is 24.0. The second-order valence-corrected chi connectivity index (χ2v) is 9.41. The first-order valence-electron chi connectivity index (χ1n) is 10.9. The van der Waals surface area contributed by atoms with Crippen LogP contribution in [0.1, 0.15) is 23.2 Å². The molecule has 8 nitrogen and oxygen atoms in total. The fraction of sp³-hybridized carbons (Fsp3) is 0.240. The molecule has 1 heterocycles. The molecular formula is C25H26N2O6S. The molecule has 9 heteroatoms. The minimum absolute atomic E-state index is 0.0130. The van der Waals surface area contributed by atoms with Gasteiger partial charge in [-0.3, -0.25) is 9.52 Å². The Morgan fingerprint density at radius 2 is 1.76 bits per heavy atom. The molecular weight excluding hydrogens is 456 g/mol. The van der Waals surface area contributed by atoms with Crippen molar-refractivity contribution in [2.45, 2.75) is 23.8 Å². The molecule has 0 radical (unpaired) electrons. The molecule has 3 aromatic carbocycles. The van der Waals surface area contributed by atoms with Gasteiger partial charge in [0.2, 0.25) is 0 Å². The number of rotatable bonds is 9. The Morgan fingerprint density at radius 1 is 1.03 bits per heavy atom. The van der Waals surface area contributed by atoms with Crippen molar-refractivity contribution in [3.05, 3.63) is 78.4 Å². The molecule has 178 valence electrons. The summed E-state index contributed by atoms with van der Waals surface area (Å²) in [7, 11) is -2.66. The van der Waals surface area contributed by atoms with Crippen molar-refractivity contribution in [3.63, 3.8) is 0 Å². The van der Waals surface area contributed by atoms with Crippen molar-refractivity contribution in [2.24, 2.45) is 0 Å². The highest BCUT2D eigenvalue weighted by molar-refractivity contribution is 7.92. The van der Waals surface area contributed by atoms with E-state index in [1.165, 1.54) is 25.3 Å². The van der Waals surface area contributed by atoms with Crippen LogP contribution in [0.25, 0.3) is 0 Å². The lowest BCUT2D eigenvalue weighted by atomic mass is 10.2. The summed E-state index contributed by atoms with van der Waals surface area (Å²) in [5, 5.41) is 2.80. The van der Waals surface area contributed by atoms with Crippen LogP contribution in [0.15, 0.2) is 77.7 Å². The Kier molecular flexibility index (Phi) is 7.34. The summed E-state index contributed by atoms with van der Waals surface area (Å²) in [5.41, 5.74) is 0.557. The highest BCUT2D eigenvalue weighted by atomic mass is 32.2. The maximum Gasteiger partial charge on any atom is 0.265 e. The summed E-state index contributed by atoms with van der Waals surface area (Å²) in [6.07, 6.45) is 1.85. The van der Waals surface area contributed by atoms with E-state index in [1.807, 2.05) is 30.3 Å². The van der Waals surface area contributed by atoms with Gasteiger partial charge in [-0.05, 0) is 67.4 Å². The normalized spacial score (nSPS) is 15.5. The Balaban J connectivity index is 1.48. The average Bonchev–Trinajstić information content (AvgIpc) is 3.37. The number of amides is 1. The molecule has 1 aliphatic heterocycles. The molecule has 0 aromatic heterocycles. The van der Waals surface area contributed by atoms with E-state index < -0.39 is 10.0 Å². The molecule has 0 aliphatic carbocycles. The lowest BCUT2D eigenvalue weighted by Gasteiger charge is -2.14. The largest absolute Gasteiger partial charge is 0.495 e. The van der Waals surface area contributed by atoms with E-state index in [-0.39, 0.29) is 28.2 Å². The van der Waals surface area contributed by atoms with Crippen LogP contribution in [0.4, 0.5) is 5.69 Å². The van der Waals surface area contributed by atoms with E-state index in [0.29, 0.717) is 30.3 Å². The zero-order valence-corrected chi connectivity index (χ0v) is 19.5. The average molecular weight is 483 g/mol. The van der Waals surface area contributed by atoms with Gasteiger partial charge in [0.15, 0.2) is 0 Å². The smallest absolute Gasteiger partial charge is 0.265 e. The maximum atomic E-state index is 13.1. The zero-order valence-electron chi connectivity index (χ0n) is 18.7. The van der Waals surface area contributed by atoms with E-state index in [1.54, 1.807) is 24.3 Å². The molecule has 0 saturated carbocycles. The second-order valence-electron chi connectivity index (χ2n) is 7.76. The van der Waals surface area contributed by atoms with Gasteiger partial charge in [0, 0.05) is 24.4 Å². The van der Waals surface area contributed by atoms with Gasteiger partial charge in [0.1, 0.15) is 22.1 Å². The minimum Gasteiger partial charge on any atom is -0.495 e. The van der Waals surface area contributed by atoms with Gasteiger partial charge in [-0.25, -0.2) is 8.42 Å². The number of methoxy groups -OCH3 is 1. The molecule has 0 unspecified atom stereocenters. The Labute approximate surface area is 198 Å². The fourth-order valence-corrected chi connectivity index (χ4v) is 4.82. The summed E-state index contributed by atoms with van der Waals surface area (Å²) >= 11 is 0. The van der Waals surface area contributed by atoms with Crippen LogP contribution in [-0.4, -0.2) is 40.7 Å². The predicted molar refractivity (Wildman–Crippen MR) is 128 cm³/mol. The number of hydrogen-bond donors (Lipinski definition) is 2. The number of sulfonamides is 1. The van der Waals surface area contributed by atoms with Gasteiger partial charge < -0.3 is 19.5 Å². The third-order valence-corrected chi connectivity index (χ3v) is 6.72. The van der Waals surface area contributed by atoms with Crippen LogP contribution in [0.2, 0.25) is 0 Å². The van der Waals surface area contributed by atoms with Crippen molar-refractivity contribution in [1.82, 2.24) is 5.32 Å². The van der Waals surface area contributed by atoms with Crippen molar-refractivity contribution in [2.75, 3.05) is 25.0 Å². The predicted octanol–water partition coefficient (Wildman–Crippen LogP) is 4.20. The highest BCUT2D eigenvalue weighted by Gasteiger charge is 2.23. The molecule has 1 atom stereocenters. The number of carbonyl (C=O) groups excluding carboxylic acids is 1. The quantitative estimate of drug-likeness (QED) is 0.474. The van der Waals surface area contributed by atoms with Crippen molar-refractivity contribution < 1.29 is 27.4 Å². The number of carbonyl (C=O) groups is 1. The third-order valence-electron chi connectivity index (χ3n) is 5.32. The van der Waals surface area contributed by atoms with Crippen LogP contribution in [-0.2, 0) is 14.8 Å². The molecule has 1 fully saturated rings. The van der Waals surface area contributed by atoms with Crippen molar-refractivity contribution in [1.29, 1.82) is 0 Å². The van der Waals surface area contributed by atoms with Gasteiger partial charge >= 0.3 is 0 Å². The summed E-state index contributed by atoms with van der Waals surface area (Å²) in [6, 6.07) is 20.1. The summed E-state index contributed by atoms with van der Waals surface area (Å²) in [4.78, 5) is 12.5. The molecule has 2 N–H and O–H groups in total. The first-order valence-corrected chi connectivity index (χ1v) is 12.4. The number of benzene rings is 3. The van der Waals surface area contributed by atoms with Gasteiger partial charge in [-0.2, -0.15) is 0 Å². The van der Waals surface area contributed by atoms with E-state index in [9.17, 15) is 13.2 Å². The van der Waals surface area contributed by atoms with Gasteiger partial charge in [-0.1, -0.05) is 18.2 Å². The Morgan fingerprint density at radius 3 is 2.44 bits per heavy atom. The van der Waals surface area contributed by atoms with E-state index in [4.69, 9.17) is 14.2 Å². The topological polar surface area (TPSA) is 103 Å². The number of ether oxygens (including phenoxy) is 3. The molecule has 4 rings (SSSR count). The number of hydrogen-bond acceptors (Lipinski definition) is 6. The van der Waals surface area contributed by atoms with Crippen molar-refractivity contribution in [3.8, 4) is 17.2 Å². The lowest BCUT2D eigenvalue weighted by Crippen LogP contribution is -2.31. The molecule has 1 amide bonds. The molecule has 0 spiro atoms. The van der Waals surface area contributed by atoms with Crippen LogP contribution in [0.3, 0.4) is 0 Å². The third kappa shape index (κ3) is 5.86. The van der Waals surface area contributed by atoms with Crippen LogP contribution >= 0.6 is 0 Å². The van der Waals surface area contributed by atoms with Crippen LogP contribution in [0, 0.1) is 0 Å². The lowest BCUT2D eigenvalue weighted by molar-refractivity contribution is 0.0857. The fourth-order valence-electron chi connectivity index (χ4n) is 3.57. The first kappa shape index (κ1) is 23.6. The SMILES string of the molecule is COc1ccc(C(=O)NC[C@@H]2CCCO2)cc1S(=O)(=O)Nc1ccc(Oc2ccccc2)cc1. The monoisotopic (exact) mass is 482 g/mol. The molecule has 3 aromatic rings. The minimum atomic E-state index is -4.03. The molecule has 1 aliphatic rings. The molecule has 34 heavy (non-hydrogen) atoms. The summed E-state index contributed by atoms with van der Waals surface area (Å²) in [6.45, 7) is 1.07. The Hall–Kier alpha value is -3.56. The maximum absolute atomic E-state index is 13.1. The number of anilines is 1. The van der Waals surface area contributed by atoms with Crippen LogP contribution in [0.5, 0.6) is 17.2 Å².